The van der Waals surface area contributed by atoms with Gasteiger partial charge in [0.25, 0.3) is 5.91 Å². The number of carbonyl (C=O) groups excluding carboxylic acids is 2. The number of benzene rings is 2. The van der Waals surface area contributed by atoms with Crippen LogP contribution in [-0.2, 0) is 17.1 Å². The molecular weight excluding hydrogens is 490 g/mol. The number of hydrogen-bond acceptors (Lipinski definition) is 3. The van der Waals surface area contributed by atoms with Crippen LogP contribution in [0.4, 0.5) is 31.1 Å². The third kappa shape index (κ3) is 5.29. The van der Waals surface area contributed by atoms with E-state index < -0.39 is 46.6 Å². The first-order chi connectivity index (χ1) is 16.8. The molecule has 2 aromatic rings. The predicted molar refractivity (Wildman–Crippen MR) is 117 cm³/mol. The van der Waals surface area contributed by atoms with Crippen molar-refractivity contribution in [3.05, 3.63) is 70.8 Å². The SMILES string of the molecule is C[C@@H](c1ccccc1)N1C[C@]2(CCCN(C(=O)c3cc(C(F)(F)F)cc(C(F)(F)F)c3)CC2)OC1=O. The summed E-state index contributed by atoms with van der Waals surface area (Å²) >= 11 is 0. The normalized spacial score (nSPS) is 21.9. The fourth-order valence-electron chi connectivity index (χ4n) is 4.75. The number of halogens is 6. The number of carbonyl (C=O) groups is 2. The summed E-state index contributed by atoms with van der Waals surface area (Å²) in [5.41, 5.74) is -3.73. The Morgan fingerprint density at radius 2 is 1.56 bits per heavy atom. The number of alkyl halides is 6. The molecule has 0 radical (unpaired) electrons. The van der Waals surface area contributed by atoms with Gasteiger partial charge in [0.15, 0.2) is 0 Å². The van der Waals surface area contributed by atoms with Gasteiger partial charge in [-0.05, 0) is 43.5 Å². The molecule has 2 aromatic carbocycles. The molecule has 0 N–H and O–H groups in total. The van der Waals surface area contributed by atoms with Crippen LogP contribution in [0.2, 0.25) is 0 Å². The molecule has 2 aliphatic rings. The zero-order valence-electron chi connectivity index (χ0n) is 19.3. The molecule has 2 atom stereocenters. The van der Waals surface area contributed by atoms with E-state index in [9.17, 15) is 35.9 Å². The van der Waals surface area contributed by atoms with Gasteiger partial charge in [-0.25, -0.2) is 4.79 Å². The maximum atomic E-state index is 13.2. The highest BCUT2D eigenvalue weighted by Gasteiger charge is 2.48. The maximum Gasteiger partial charge on any atom is 0.416 e. The summed E-state index contributed by atoms with van der Waals surface area (Å²) in [6.07, 6.45) is -9.59. The average molecular weight is 514 g/mol. The summed E-state index contributed by atoms with van der Waals surface area (Å²) in [6, 6.07) is 9.97. The molecule has 5 nitrogen and oxygen atoms in total. The van der Waals surface area contributed by atoms with Crippen LogP contribution in [0.5, 0.6) is 0 Å². The highest BCUT2D eigenvalue weighted by Crippen LogP contribution is 2.39. The van der Waals surface area contributed by atoms with Gasteiger partial charge in [0, 0.05) is 25.1 Å². The van der Waals surface area contributed by atoms with Crippen molar-refractivity contribution in [1.29, 1.82) is 0 Å². The van der Waals surface area contributed by atoms with E-state index in [1.165, 1.54) is 4.90 Å². The summed E-state index contributed by atoms with van der Waals surface area (Å²) in [4.78, 5) is 28.5. The van der Waals surface area contributed by atoms with E-state index >= 15 is 0 Å². The zero-order chi connectivity index (χ0) is 26.3. The quantitative estimate of drug-likeness (QED) is 0.452. The minimum Gasteiger partial charge on any atom is -0.441 e. The van der Waals surface area contributed by atoms with Crippen molar-refractivity contribution in [3.8, 4) is 0 Å². The Balaban J connectivity index is 1.52. The van der Waals surface area contributed by atoms with Gasteiger partial charge in [-0.3, -0.25) is 9.69 Å². The lowest BCUT2D eigenvalue weighted by atomic mass is 9.94. The molecule has 0 unspecified atom stereocenters. The van der Waals surface area contributed by atoms with Gasteiger partial charge in [0.1, 0.15) is 5.60 Å². The summed E-state index contributed by atoms with van der Waals surface area (Å²) in [5.74, 6) is -0.928. The van der Waals surface area contributed by atoms with Crippen LogP contribution in [-0.4, -0.2) is 47.0 Å². The van der Waals surface area contributed by atoms with Crippen LogP contribution in [0.3, 0.4) is 0 Å². The Morgan fingerprint density at radius 3 is 2.14 bits per heavy atom. The predicted octanol–water partition coefficient (Wildman–Crippen LogP) is 6.30. The number of amides is 2. The van der Waals surface area contributed by atoms with Crippen molar-refractivity contribution in [2.24, 2.45) is 0 Å². The summed E-state index contributed by atoms with van der Waals surface area (Å²) in [6.45, 7) is 2.28. The van der Waals surface area contributed by atoms with Gasteiger partial charge in [-0.2, -0.15) is 26.3 Å². The van der Waals surface area contributed by atoms with Crippen molar-refractivity contribution < 1.29 is 40.7 Å². The molecule has 0 aromatic heterocycles. The summed E-state index contributed by atoms with van der Waals surface area (Å²) in [5, 5.41) is 0. The van der Waals surface area contributed by atoms with Crippen molar-refractivity contribution in [3.63, 3.8) is 0 Å². The lowest BCUT2D eigenvalue weighted by Crippen LogP contribution is -2.38. The molecule has 4 rings (SSSR count). The Morgan fingerprint density at radius 1 is 0.944 bits per heavy atom. The fourth-order valence-corrected chi connectivity index (χ4v) is 4.75. The third-order valence-corrected chi connectivity index (χ3v) is 6.77. The highest BCUT2D eigenvalue weighted by atomic mass is 19.4. The molecule has 36 heavy (non-hydrogen) atoms. The van der Waals surface area contributed by atoms with E-state index in [-0.39, 0.29) is 38.2 Å². The molecule has 2 amide bonds. The minimum absolute atomic E-state index is 0.00529. The van der Waals surface area contributed by atoms with E-state index in [2.05, 4.69) is 0 Å². The van der Waals surface area contributed by atoms with E-state index in [0.29, 0.717) is 25.0 Å². The molecule has 2 heterocycles. The molecule has 11 heteroatoms. The van der Waals surface area contributed by atoms with Crippen molar-refractivity contribution in [2.75, 3.05) is 19.6 Å². The van der Waals surface area contributed by atoms with Gasteiger partial charge >= 0.3 is 18.4 Å². The number of hydrogen-bond donors (Lipinski definition) is 0. The van der Waals surface area contributed by atoms with Gasteiger partial charge in [-0.15, -0.1) is 0 Å². The largest absolute Gasteiger partial charge is 0.441 e. The van der Waals surface area contributed by atoms with Crippen LogP contribution >= 0.6 is 0 Å². The summed E-state index contributed by atoms with van der Waals surface area (Å²) in [7, 11) is 0. The first-order valence-corrected chi connectivity index (χ1v) is 11.4. The number of rotatable bonds is 3. The van der Waals surface area contributed by atoms with E-state index in [0.717, 1.165) is 5.56 Å². The maximum absolute atomic E-state index is 13.2. The second-order valence-electron chi connectivity index (χ2n) is 9.21. The van der Waals surface area contributed by atoms with Crippen LogP contribution in [0.1, 0.15) is 59.3 Å². The van der Waals surface area contributed by atoms with Crippen LogP contribution in [0, 0.1) is 0 Å². The molecule has 2 saturated heterocycles. The molecule has 1 spiro atoms. The average Bonchev–Trinajstić information content (AvgIpc) is 3.01. The molecule has 0 aliphatic carbocycles. The number of likely N-dealkylation sites (tertiary alicyclic amines) is 1. The van der Waals surface area contributed by atoms with Crippen molar-refractivity contribution >= 4 is 12.0 Å². The van der Waals surface area contributed by atoms with Crippen molar-refractivity contribution in [2.45, 2.75) is 50.2 Å². The molecule has 2 fully saturated rings. The number of ether oxygens (including phenoxy) is 1. The van der Waals surface area contributed by atoms with E-state index in [4.69, 9.17) is 4.74 Å². The van der Waals surface area contributed by atoms with Crippen LogP contribution in [0.15, 0.2) is 48.5 Å². The standard InChI is InChI=1S/C25H24F6N2O3/c1-16(17-6-3-2-4-7-17)33-15-23(36-22(33)35)8-5-10-32(11-9-23)21(34)18-12-19(24(26,27)28)14-20(13-18)25(29,30)31/h2-4,6-7,12-14,16H,5,8-11,15H2,1H3/t16-,23+/m0/s1. The Bertz CT molecular complexity index is 1100. The molecule has 2 aliphatic heterocycles. The molecular formula is C25H24F6N2O3. The first kappa shape index (κ1) is 25.8. The Labute approximate surface area is 203 Å². The smallest absolute Gasteiger partial charge is 0.416 e. The van der Waals surface area contributed by atoms with E-state index in [1.807, 2.05) is 37.3 Å². The highest BCUT2D eigenvalue weighted by molar-refractivity contribution is 5.94. The lowest BCUT2D eigenvalue weighted by Gasteiger charge is -2.27. The van der Waals surface area contributed by atoms with Gasteiger partial charge in [-0.1, -0.05) is 30.3 Å². The Kier molecular flexibility index (Phi) is 6.70. The minimum atomic E-state index is -5.05. The van der Waals surface area contributed by atoms with Crippen LogP contribution in [0.25, 0.3) is 0 Å². The van der Waals surface area contributed by atoms with Crippen LogP contribution < -0.4 is 0 Å². The second-order valence-corrected chi connectivity index (χ2v) is 9.21. The monoisotopic (exact) mass is 514 g/mol. The molecule has 0 bridgehead atoms. The number of nitrogens with zero attached hydrogens (tertiary/aromatic N) is 2. The first-order valence-electron chi connectivity index (χ1n) is 11.4. The molecule has 194 valence electrons. The third-order valence-electron chi connectivity index (χ3n) is 6.77. The van der Waals surface area contributed by atoms with Gasteiger partial charge in [0.05, 0.1) is 23.7 Å². The second kappa shape index (κ2) is 9.33. The lowest BCUT2D eigenvalue weighted by molar-refractivity contribution is -0.143. The van der Waals surface area contributed by atoms with Gasteiger partial charge in [0.2, 0.25) is 0 Å². The summed E-state index contributed by atoms with van der Waals surface area (Å²) < 4.78 is 85.1. The van der Waals surface area contributed by atoms with Crippen molar-refractivity contribution in [1.82, 2.24) is 9.80 Å². The molecule has 0 saturated carbocycles. The fraction of sp³-hybridized carbons (Fsp3) is 0.440. The Hall–Kier alpha value is -3.24. The van der Waals surface area contributed by atoms with E-state index in [1.54, 1.807) is 4.90 Å². The van der Waals surface area contributed by atoms with Gasteiger partial charge < -0.3 is 9.64 Å². The zero-order valence-corrected chi connectivity index (χ0v) is 19.3. The topological polar surface area (TPSA) is 49.9 Å².